The third-order valence-electron chi connectivity index (χ3n) is 6.01. The molecule has 1 aliphatic heterocycles. The van der Waals surface area contributed by atoms with E-state index >= 15 is 0 Å². The number of rotatable bonds is 8. The van der Waals surface area contributed by atoms with Gasteiger partial charge < -0.3 is 25.0 Å². The predicted octanol–water partition coefficient (Wildman–Crippen LogP) is 4.32. The SMILES string of the molecule is Cc1c(Nc2nsc3cc(CN[C@@H](CO)C(=O)O)ccc23)cccc1-c1ccc2c(c1)OCCO2. The fourth-order valence-electron chi connectivity index (χ4n) is 4.08. The molecule has 3 aromatic carbocycles. The van der Waals surface area contributed by atoms with Gasteiger partial charge in [0.05, 0.1) is 11.3 Å². The number of nitrogens with one attached hydrogen (secondary N) is 2. The number of anilines is 2. The number of carboxylic acid groups (broad SMARTS) is 1. The molecular formula is C26H25N3O5S. The van der Waals surface area contributed by atoms with Crippen molar-refractivity contribution in [2.75, 3.05) is 25.1 Å². The first-order valence-electron chi connectivity index (χ1n) is 11.3. The first-order valence-corrected chi connectivity index (χ1v) is 12.0. The van der Waals surface area contributed by atoms with E-state index < -0.39 is 18.6 Å². The molecule has 0 saturated carbocycles. The number of carboxylic acids is 1. The minimum Gasteiger partial charge on any atom is -0.486 e. The van der Waals surface area contributed by atoms with Gasteiger partial charge in [0.25, 0.3) is 0 Å². The number of aliphatic carboxylic acids is 1. The van der Waals surface area contributed by atoms with Gasteiger partial charge >= 0.3 is 5.97 Å². The quantitative estimate of drug-likeness (QED) is 0.288. The molecule has 0 bridgehead atoms. The molecule has 9 heteroatoms. The molecule has 180 valence electrons. The molecule has 0 spiro atoms. The minimum absolute atomic E-state index is 0.338. The van der Waals surface area contributed by atoms with Crippen LogP contribution in [0.3, 0.4) is 0 Å². The van der Waals surface area contributed by atoms with Gasteiger partial charge in [-0.25, -0.2) is 0 Å². The lowest BCUT2D eigenvalue weighted by Crippen LogP contribution is -2.39. The van der Waals surface area contributed by atoms with Crippen molar-refractivity contribution in [3.8, 4) is 22.6 Å². The van der Waals surface area contributed by atoms with E-state index in [0.717, 1.165) is 55.3 Å². The highest BCUT2D eigenvalue weighted by Gasteiger charge is 2.17. The molecule has 0 unspecified atom stereocenters. The Morgan fingerprint density at radius 1 is 1.11 bits per heavy atom. The molecule has 4 aromatic rings. The van der Waals surface area contributed by atoms with Crippen molar-refractivity contribution in [3.05, 3.63) is 65.7 Å². The van der Waals surface area contributed by atoms with Crippen molar-refractivity contribution in [3.63, 3.8) is 0 Å². The maximum Gasteiger partial charge on any atom is 0.323 e. The first-order chi connectivity index (χ1) is 17.0. The Balaban J connectivity index is 1.37. The Morgan fingerprint density at radius 3 is 2.74 bits per heavy atom. The highest BCUT2D eigenvalue weighted by molar-refractivity contribution is 7.13. The Morgan fingerprint density at radius 2 is 1.94 bits per heavy atom. The summed E-state index contributed by atoms with van der Waals surface area (Å²) in [5.74, 6) is 1.22. The fourth-order valence-corrected chi connectivity index (χ4v) is 4.88. The molecule has 0 amide bonds. The van der Waals surface area contributed by atoms with E-state index in [9.17, 15) is 9.90 Å². The maximum absolute atomic E-state index is 11.1. The van der Waals surface area contributed by atoms with Crippen LogP contribution in [0.1, 0.15) is 11.1 Å². The van der Waals surface area contributed by atoms with Gasteiger partial charge in [0.2, 0.25) is 0 Å². The average Bonchev–Trinajstić information content (AvgIpc) is 3.27. The number of ether oxygens (including phenoxy) is 2. The topological polar surface area (TPSA) is 113 Å². The van der Waals surface area contributed by atoms with Crippen molar-refractivity contribution in [1.82, 2.24) is 9.69 Å². The number of hydrogen-bond acceptors (Lipinski definition) is 8. The Labute approximate surface area is 206 Å². The Hall–Kier alpha value is -3.66. The molecule has 0 radical (unpaired) electrons. The van der Waals surface area contributed by atoms with Gasteiger partial charge in [-0.15, -0.1) is 0 Å². The second-order valence-corrected chi connectivity index (χ2v) is 9.08. The summed E-state index contributed by atoms with van der Waals surface area (Å²) in [7, 11) is 0. The zero-order valence-electron chi connectivity index (χ0n) is 19.1. The molecule has 5 rings (SSSR count). The van der Waals surface area contributed by atoms with Crippen molar-refractivity contribution in [2.24, 2.45) is 0 Å². The highest BCUT2D eigenvalue weighted by Crippen LogP contribution is 2.38. The maximum atomic E-state index is 11.1. The van der Waals surface area contributed by atoms with Gasteiger partial charge in [-0.2, -0.15) is 4.37 Å². The summed E-state index contributed by atoms with van der Waals surface area (Å²) in [6.07, 6.45) is 0. The molecule has 0 saturated heterocycles. The predicted molar refractivity (Wildman–Crippen MR) is 136 cm³/mol. The van der Waals surface area contributed by atoms with E-state index in [1.54, 1.807) is 0 Å². The number of fused-ring (bicyclic) bond motifs is 2. The third-order valence-corrected chi connectivity index (χ3v) is 6.82. The molecule has 0 fully saturated rings. The van der Waals surface area contributed by atoms with E-state index in [1.165, 1.54) is 11.5 Å². The van der Waals surface area contributed by atoms with Crippen LogP contribution in [-0.2, 0) is 11.3 Å². The fraction of sp³-hybridized carbons (Fsp3) is 0.231. The molecule has 35 heavy (non-hydrogen) atoms. The summed E-state index contributed by atoms with van der Waals surface area (Å²) >= 11 is 1.38. The normalized spacial score (nSPS) is 13.5. The summed E-state index contributed by atoms with van der Waals surface area (Å²) in [6, 6.07) is 17.0. The number of benzene rings is 3. The molecule has 1 aliphatic rings. The van der Waals surface area contributed by atoms with Crippen LogP contribution in [0.2, 0.25) is 0 Å². The summed E-state index contributed by atoms with van der Waals surface area (Å²) in [4.78, 5) is 11.1. The van der Waals surface area contributed by atoms with Crippen LogP contribution in [0.15, 0.2) is 54.6 Å². The van der Waals surface area contributed by atoms with Gasteiger partial charge in [-0.3, -0.25) is 10.1 Å². The van der Waals surface area contributed by atoms with Gasteiger partial charge in [0.1, 0.15) is 19.3 Å². The first kappa shape index (κ1) is 23.1. The zero-order chi connectivity index (χ0) is 24.4. The van der Waals surface area contributed by atoms with E-state index in [1.807, 2.05) is 48.5 Å². The molecule has 0 aliphatic carbocycles. The number of aromatic nitrogens is 1. The Bertz CT molecular complexity index is 1390. The largest absolute Gasteiger partial charge is 0.486 e. The third kappa shape index (κ3) is 4.79. The number of aliphatic hydroxyl groups is 1. The standard InChI is InChI=1S/C26H25N3O5S/c1-15-18(17-6-8-22-23(12-17)34-10-9-33-22)3-2-4-20(15)28-25-19-7-5-16(11-24(19)35-29-25)13-27-21(14-30)26(31)32/h2-8,11-12,21,27,30H,9-10,13-14H2,1H3,(H,28,29)(H,31,32)/t21-/m0/s1. The van der Waals surface area contributed by atoms with Crippen molar-refractivity contribution in [1.29, 1.82) is 0 Å². The van der Waals surface area contributed by atoms with E-state index in [0.29, 0.717) is 19.8 Å². The highest BCUT2D eigenvalue weighted by atomic mass is 32.1. The van der Waals surface area contributed by atoms with Gasteiger partial charge in [0.15, 0.2) is 17.3 Å². The van der Waals surface area contributed by atoms with Crippen LogP contribution in [-0.4, -0.2) is 46.4 Å². The second-order valence-electron chi connectivity index (χ2n) is 8.28. The summed E-state index contributed by atoms with van der Waals surface area (Å²) in [6.45, 7) is 3.07. The number of carbonyl (C=O) groups is 1. The molecule has 4 N–H and O–H groups in total. The van der Waals surface area contributed by atoms with Crippen LogP contribution < -0.4 is 20.1 Å². The number of aliphatic hydroxyl groups excluding tert-OH is 1. The smallest absolute Gasteiger partial charge is 0.323 e. The second kappa shape index (κ2) is 9.91. The van der Waals surface area contributed by atoms with Crippen LogP contribution in [0, 0.1) is 6.92 Å². The lowest BCUT2D eigenvalue weighted by atomic mass is 9.98. The van der Waals surface area contributed by atoms with Crippen LogP contribution in [0.5, 0.6) is 11.5 Å². The monoisotopic (exact) mass is 491 g/mol. The molecule has 2 heterocycles. The number of nitrogens with zero attached hydrogens (tertiary/aromatic N) is 1. The molecule has 8 nitrogen and oxygen atoms in total. The summed E-state index contributed by atoms with van der Waals surface area (Å²) in [5.41, 5.74) is 5.12. The lowest BCUT2D eigenvalue weighted by Gasteiger charge is -2.19. The van der Waals surface area contributed by atoms with Crippen LogP contribution >= 0.6 is 11.5 Å². The van der Waals surface area contributed by atoms with Crippen molar-refractivity contribution in [2.45, 2.75) is 19.5 Å². The lowest BCUT2D eigenvalue weighted by molar-refractivity contribution is -0.140. The van der Waals surface area contributed by atoms with E-state index in [4.69, 9.17) is 14.6 Å². The zero-order valence-corrected chi connectivity index (χ0v) is 19.9. The van der Waals surface area contributed by atoms with Crippen molar-refractivity contribution < 1.29 is 24.5 Å². The van der Waals surface area contributed by atoms with E-state index in [2.05, 4.69) is 28.0 Å². The minimum atomic E-state index is -1.08. The van der Waals surface area contributed by atoms with Crippen molar-refractivity contribution >= 4 is 39.1 Å². The number of hydrogen-bond donors (Lipinski definition) is 4. The molecule has 1 atom stereocenters. The van der Waals surface area contributed by atoms with Gasteiger partial charge in [-0.05, 0) is 71.0 Å². The van der Waals surface area contributed by atoms with Crippen LogP contribution in [0.4, 0.5) is 11.5 Å². The molecule has 1 aromatic heterocycles. The summed E-state index contributed by atoms with van der Waals surface area (Å²) in [5, 5.41) is 25.6. The average molecular weight is 492 g/mol. The Kier molecular flexibility index (Phi) is 6.54. The van der Waals surface area contributed by atoms with Gasteiger partial charge in [0, 0.05) is 17.6 Å². The molecular weight excluding hydrogens is 466 g/mol. The van der Waals surface area contributed by atoms with E-state index in [-0.39, 0.29) is 0 Å². The summed E-state index contributed by atoms with van der Waals surface area (Å²) < 4.78 is 17.0. The van der Waals surface area contributed by atoms with Gasteiger partial charge in [-0.1, -0.05) is 24.3 Å². The van der Waals surface area contributed by atoms with Crippen LogP contribution in [0.25, 0.3) is 21.2 Å².